The van der Waals surface area contributed by atoms with Gasteiger partial charge in [0.05, 0.1) is 6.04 Å². The molecule has 0 spiro atoms. The summed E-state index contributed by atoms with van der Waals surface area (Å²) in [5.74, 6) is 0. The Kier molecular flexibility index (Phi) is 2.46. The van der Waals surface area contributed by atoms with Crippen molar-refractivity contribution in [1.82, 2.24) is 4.72 Å². The van der Waals surface area contributed by atoms with Crippen molar-refractivity contribution in [2.45, 2.75) is 31.5 Å². The maximum atomic E-state index is 12.7. The van der Waals surface area contributed by atoms with E-state index in [0.29, 0.717) is 19.3 Å². The molecule has 2 atom stereocenters. The quantitative estimate of drug-likeness (QED) is 0.613. The lowest BCUT2D eigenvalue weighted by Crippen LogP contribution is -2.41. The molecule has 66 valence electrons. The van der Waals surface area contributed by atoms with Crippen LogP contribution in [0.1, 0.15) is 19.3 Å². The van der Waals surface area contributed by atoms with E-state index >= 15 is 0 Å². The van der Waals surface area contributed by atoms with Crippen molar-refractivity contribution in [3.8, 4) is 0 Å². The molecule has 0 bridgehead atoms. The Morgan fingerprint density at radius 2 is 2.09 bits per heavy atom. The molecule has 1 aliphatic rings. The second-order valence-electron chi connectivity index (χ2n) is 2.72. The van der Waals surface area contributed by atoms with Gasteiger partial charge in [-0.2, -0.15) is 13.1 Å². The van der Waals surface area contributed by atoms with Crippen molar-refractivity contribution in [3.63, 3.8) is 0 Å². The fourth-order valence-corrected chi connectivity index (χ4v) is 1.95. The highest BCUT2D eigenvalue weighted by Crippen LogP contribution is 2.21. The van der Waals surface area contributed by atoms with Gasteiger partial charge in [-0.3, -0.25) is 0 Å². The third-order valence-electron chi connectivity index (χ3n) is 1.75. The highest BCUT2D eigenvalue weighted by atomic mass is 32.2. The van der Waals surface area contributed by atoms with Crippen LogP contribution in [0.2, 0.25) is 0 Å². The molecule has 0 aromatic carbocycles. The zero-order valence-corrected chi connectivity index (χ0v) is 6.77. The Balaban J connectivity index is 2.50. The molecule has 6 heteroatoms. The summed E-state index contributed by atoms with van der Waals surface area (Å²) in [7, 11) is -3.73. The molecule has 0 aromatic rings. The lowest BCUT2D eigenvalue weighted by atomic mass is 10.2. The maximum Gasteiger partial charge on any atom is 0.274 e. The zero-order valence-electron chi connectivity index (χ0n) is 5.96. The van der Waals surface area contributed by atoms with E-state index in [0.717, 1.165) is 0 Å². The molecule has 0 saturated heterocycles. The highest BCUT2D eigenvalue weighted by Gasteiger charge is 2.29. The largest absolute Gasteiger partial charge is 0.274 e. The Morgan fingerprint density at radius 1 is 1.45 bits per heavy atom. The SMILES string of the molecule is NS(=O)(=O)N[C@H]1CCC[C@H]1F. The molecule has 0 radical (unpaired) electrons. The number of alkyl halides is 1. The fraction of sp³-hybridized carbons (Fsp3) is 1.00. The van der Waals surface area contributed by atoms with Gasteiger partial charge in [-0.15, -0.1) is 0 Å². The van der Waals surface area contributed by atoms with Gasteiger partial charge in [0, 0.05) is 0 Å². The molecule has 0 unspecified atom stereocenters. The molecule has 0 heterocycles. The summed E-state index contributed by atoms with van der Waals surface area (Å²) in [5, 5.41) is 4.67. The van der Waals surface area contributed by atoms with Gasteiger partial charge in [0.2, 0.25) is 0 Å². The summed E-state index contributed by atoms with van der Waals surface area (Å²) in [6.45, 7) is 0. The molecule has 0 amide bonds. The molecule has 0 aliphatic heterocycles. The maximum absolute atomic E-state index is 12.7. The van der Waals surface area contributed by atoms with E-state index < -0.39 is 22.4 Å². The van der Waals surface area contributed by atoms with Gasteiger partial charge in [-0.05, 0) is 19.3 Å². The average Bonchev–Trinajstić information content (AvgIpc) is 2.12. The highest BCUT2D eigenvalue weighted by molar-refractivity contribution is 7.87. The zero-order chi connectivity index (χ0) is 8.48. The molecule has 1 rings (SSSR count). The topological polar surface area (TPSA) is 72.2 Å². The molecule has 11 heavy (non-hydrogen) atoms. The minimum atomic E-state index is -3.73. The van der Waals surface area contributed by atoms with Gasteiger partial charge in [-0.1, -0.05) is 0 Å². The van der Waals surface area contributed by atoms with Crippen LogP contribution in [0.25, 0.3) is 0 Å². The smallest absolute Gasteiger partial charge is 0.246 e. The predicted octanol–water partition coefficient (Wildman–Crippen LogP) is -0.330. The second kappa shape index (κ2) is 3.04. The normalized spacial score (nSPS) is 32.5. The summed E-state index contributed by atoms with van der Waals surface area (Å²) in [6.07, 6.45) is 0.604. The van der Waals surface area contributed by atoms with Crippen molar-refractivity contribution >= 4 is 10.2 Å². The van der Waals surface area contributed by atoms with E-state index in [2.05, 4.69) is 5.14 Å². The fourth-order valence-electron chi connectivity index (χ4n) is 1.26. The monoisotopic (exact) mass is 182 g/mol. The van der Waals surface area contributed by atoms with E-state index in [1.165, 1.54) is 0 Å². The van der Waals surface area contributed by atoms with Crippen LogP contribution >= 0.6 is 0 Å². The van der Waals surface area contributed by atoms with Crippen LogP contribution < -0.4 is 9.86 Å². The molecule has 3 N–H and O–H groups in total. The van der Waals surface area contributed by atoms with E-state index in [4.69, 9.17) is 0 Å². The Labute approximate surface area is 65.1 Å². The van der Waals surface area contributed by atoms with Gasteiger partial charge in [0.25, 0.3) is 10.2 Å². The van der Waals surface area contributed by atoms with Gasteiger partial charge in [0.15, 0.2) is 0 Å². The lowest BCUT2D eigenvalue weighted by Gasteiger charge is -2.11. The van der Waals surface area contributed by atoms with Crippen LogP contribution in [0.3, 0.4) is 0 Å². The standard InChI is InChI=1S/C5H11FN2O2S/c6-4-2-1-3-5(4)8-11(7,9)10/h4-5,8H,1-3H2,(H2,7,9,10)/t4-,5+/m1/s1. The summed E-state index contributed by atoms with van der Waals surface area (Å²) >= 11 is 0. The third-order valence-corrected chi connectivity index (χ3v) is 2.38. The molecule has 4 nitrogen and oxygen atoms in total. The first-order chi connectivity index (χ1) is 4.99. The summed E-state index contributed by atoms with van der Waals surface area (Å²) in [5.41, 5.74) is 0. The summed E-state index contributed by atoms with van der Waals surface area (Å²) in [6, 6.07) is -0.606. The Bertz CT molecular complexity index is 229. The van der Waals surface area contributed by atoms with E-state index in [1.54, 1.807) is 0 Å². The first-order valence-electron chi connectivity index (χ1n) is 3.43. The van der Waals surface area contributed by atoms with Gasteiger partial charge >= 0.3 is 0 Å². The van der Waals surface area contributed by atoms with Crippen LogP contribution in [-0.2, 0) is 10.2 Å². The number of nitrogens with two attached hydrogens (primary N) is 1. The number of hydrogen-bond donors (Lipinski definition) is 2. The van der Waals surface area contributed by atoms with Crippen LogP contribution in [0.15, 0.2) is 0 Å². The predicted molar refractivity (Wildman–Crippen MR) is 38.8 cm³/mol. The average molecular weight is 182 g/mol. The minimum absolute atomic E-state index is 0.424. The van der Waals surface area contributed by atoms with Crippen LogP contribution in [0.5, 0.6) is 0 Å². The van der Waals surface area contributed by atoms with Crippen molar-refractivity contribution in [2.24, 2.45) is 5.14 Å². The van der Waals surface area contributed by atoms with Gasteiger partial charge in [0.1, 0.15) is 6.17 Å². The molecule has 1 fully saturated rings. The molecule has 1 aliphatic carbocycles. The number of halogens is 1. The number of hydrogen-bond acceptors (Lipinski definition) is 2. The van der Waals surface area contributed by atoms with Crippen LogP contribution in [0.4, 0.5) is 4.39 Å². The van der Waals surface area contributed by atoms with Crippen LogP contribution in [0, 0.1) is 0 Å². The molecule has 0 aromatic heterocycles. The number of nitrogens with one attached hydrogen (secondary N) is 1. The van der Waals surface area contributed by atoms with Crippen molar-refractivity contribution in [1.29, 1.82) is 0 Å². The molecule has 1 saturated carbocycles. The molecular formula is C5H11FN2O2S. The van der Waals surface area contributed by atoms with E-state index in [9.17, 15) is 12.8 Å². The van der Waals surface area contributed by atoms with Crippen molar-refractivity contribution in [2.75, 3.05) is 0 Å². The van der Waals surface area contributed by atoms with Crippen LogP contribution in [-0.4, -0.2) is 20.6 Å². The van der Waals surface area contributed by atoms with Gasteiger partial charge < -0.3 is 0 Å². The number of rotatable bonds is 2. The van der Waals surface area contributed by atoms with E-state index in [1.807, 2.05) is 4.72 Å². The van der Waals surface area contributed by atoms with Crippen molar-refractivity contribution < 1.29 is 12.8 Å². The minimum Gasteiger partial charge on any atom is -0.246 e. The lowest BCUT2D eigenvalue weighted by molar-refractivity contribution is 0.300. The Morgan fingerprint density at radius 3 is 2.45 bits per heavy atom. The first kappa shape index (κ1) is 8.89. The summed E-state index contributed by atoms with van der Waals surface area (Å²) in [4.78, 5) is 0. The summed E-state index contributed by atoms with van der Waals surface area (Å²) < 4.78 is 35.6. The first-order valence-corrected chi connectivity index (χ1v) is 4.98. The van der Waals surface area contributed by atoms with E-state index in [-0.39, 0.29) is 0 Å². The Hall–Kier alpha value is -0.200. The third kappa shape index (κ3) is 2.72. The van der Waals surface area contributed by atoms with Crippen molar-refractivity contribution in [3.05, 3.63) is 0 Å². The second-order valence-corrected chi connectivity index (χ2v) is 4.04. The molecular weight excluding hydrogens is 171 g/mol. The van der Waals surface area contributed by atoms with Gasteiger partial charge in [-0.25, -0.2) is 9.53 Å².